The van der Waals surface area contributed by atoms with Gasteiger partial charge >= 0.3 is 11.9 Å². The molecule has 0 fully saturated rings. The van der Waals surface area contributed by atoms with Crippen LogP contribution >= 0.6 is 0 Å². The Morgan fingerprint density at radius 3 is 2.38 bits per heavy atom. The van der Waals surface area contributed by atoms with Gasteiger partial charge < -0.3 is 9.47 Å². The average molecular weight is 186 g/mol. The molecule has 0 heterocycles. The standard InChI is InChI=1S/C9H14O4/c1-4-5-8(9(11)12-3)6-13-7(2)10/h5H,4,6H2,1-3H3. The molecule has 0 aliphatic carbocycles. The Bertz CT molecular complexity index is 218. The third kappa shape index (κ3) is 5.00. The van der Waals surface area contributed by atoms with Crippen LogP contribution in [0.4, 0.5) is 0 Å². The number of carbonyl (C=O) groups is 2. The summed E-state index contributed by atoms with van der Waals surface area (Å²) < 4.78 is 9.17. The Hall–Kier alpha value is -1.32. The highest BCUT2D eigenvalue weighted by atomic mass is 16.5. The maximum Gasteiger partial charge on any atom is 0.336 e. The van der Waals surface area contributed by atoms with Gasteiger partial charge in [-0.3, -0.25) is 4.79 Å². The van der Waals surface area contributed by atoms with Crippen molar-refractivity contribution in [1.29, 1.82) is 0 Å². The molecule has 0 unspecified atom stereocenters. The van der Waals surface area contributed by atoms with Crippen molar-refractivity contribution < 1.29 is 19.1 Å². The van der Waals surface area contributed by atoms with Crippen molar-refractivity contribution >= 4 is 11.9 Å². The number of ether oxygens (including phenoxy) is 2. The van der Waals surface area contributed by atoms with Crippen LogP contribution in [0.5, 0.6) is 0 Å². The Kier molecular flexibility index (Phi) is 5.59. The number of methoxy groups -OCH3 is 1. The monoisotopic (exact) mass is 186 g/mol. The van der Waals surface area contributed by atoms with Gasteiger partial charge in [-0.2, -0.15) is 0 Å². The fourth-order valence-electron chi connectivity index (χ4n) is 0.758. The first-order chi connectivity index (χ1) is 6.11. The SMILES string of the molecule is CCC=C(COC(C)=O)C(=O)OC. The Morgan fingerprint density at radius 1 is 1.38 bits per heavy atom. The molecule has 4 heteroatoms. The van der Waals surface area contributed by atoms with Crippen molar-refractivity contribution in [2.24, 2.45) is 0 Å². The van der Waals surface area contributed by atoms with Crippen LogP contribution in [0, 0.1) is 0 Å². The van der Waals surface area contributed by atoms with Crippen molar-refractivity contribution in [3.8, 4) is 0 Å². The second-order valence-corrected chi connectivity index (χ2v) is 2.41. The third-order valence-electron chi connectivity index (χ3n) is 1.33. The molecule has 0 rings (SSSR count). The van der Waals surface area contributed by atoms with E-state index in [0.717, 1.165) is 0 Å². The Morgan fingerprint density at radius 2 is 2.00 bits per heavy atom. The van der Waals surface area contributed by atoms with Gasteiger partial charge in [0, 0.05) is 6.92 Å². The molecule has 0 N–H and O–H groups in total. The molecule has 0 atom stereocenters. The van der Waals surface area contributed by atoms with Gasteiger partial charge in [-0.15, -0.1) is 0 Å². The maximum atomic E-state index is 11.0. The Labute approximate surface area is 77.5 Å². The van der Waals surface area contributed by atoms with E-state index in [9.17, 15) is 9.59 Å². The molecule has 0 saturated heterocycles. The summed E-state index contributed by atoms with van der Waals surface area (Å²) in [4.78, 5) is 21.5. The lowest BCUT2D eigenvalue weighted by molar-refractivity contribution is -0.142. The lowest BCUT2D eigenvalue weighted by Gasteiger charge is -2.04. The van der Waals surface area contributed by atoms with Gasteiger partial charge in [0.1, 0.15) is 6.61 Å². The first-order valence-corrected chi connectivity index (χ1v) is 4.02. The highest BCUT2D eigenvalue weighted by molar-refractivity contribution is 5.88. The minimum absolute atomic E-state index is 0.0180. The molecule has 0 aliphatic rings. The molecule has 0 radical (unpaired) electrons. The maximum absolute atomic E-state index is 11.0. The summed E-state index contributed by atoms with van der Waals surface area (Å²) in [6.07, 6.45) is 2.38. The molecule has 0 aromatic carbocycles. The molecule has 0 amide bonds. The smallest absolute Gasteiger partial charge is 0.336 e. The number of hydrogen-bond donors (Lipinski definition) is 0. The molecular formula is C9H14O4. The van der Waals surface area contributed by atoms with Crippen LogP contribution in [0.3, 0.4) is 0 Å². The fraction of sp³-hybridized carbons (Fsp3) is 0.556. The van der Waals surface area contributed by atoms with Gasteiger partial charge in [0.15, 0.2) is 0 Å². The van der Waals surface area contributed by atoms with Crippen molar-refractivity contribution in [2.45, 2.75) is 20.3 Å². The lowest BCUT2D eigenvalue weighted by atomic mass is 10.2. The number of allylic oxidation sites excluding steroid dienone is 1. The summed E-state index contributed by atoms with van der Waals surface area (Å²) in [5.41, 5.74) is 0.375. The second kappa shape index (κ2) is 6.22. The molecule has 0 bridgehead atoms. The summed E-state index contributed by atoms with van der Waals surface area (Å²) in [6, 6.07) is 0. The van der Waals surface area contributed by atoms with Crippen LogP contribution in [0.1, 0.15) is 20.3 Å². The van der Waals surface area contributed by atoms with Crippen LogP contribution in [0.25, 0.3) is 0 Å². The average Bonchev–Trinajstić information content (AvgIpc) is 2.10. The van der Waals surface area contributed by atoms with E-state index in [0.29, 0.717) is 12.0 Å². The van der Waals surface area contributed by atoms with Crippen LogP contribution in [0.15, 0.2) is 11.6 Å². The van der Waals surface area contributed by atoms with Crippen molar-refractivity contribution in [3.05, 3.63) is 11.6 Å². The zero-order valence-corrected chi connectivity index (χ0v) is 8.12. The van der Waals surface area contributed by atoms with Crippen LogP contribution in [-0.4, -0.2) is 25.7 Å². The topological polar surface area (TPSA) is 52.6 Å². The quantitative estimate of drug-likeness (QED) is 0.486. The summed E-state index contributed by atoms with van der Waals surface area (Å²) in [5.74, 6) is -0.867. The van der Waals surface area contributed by atoms with E-state index < -0.39 is 11.9 Å². The van der Waals surface area contributed by atoms with Crippen molar-refractivity contribution in [1.82, 2.24) is 0 Å². The predicted molar refractivity (Wildman–Crippen MR) is 47.0 cm³/mol. The normalized spacial score (nSPS) is 10.8. The highest BCUT2D eigenvalue weighted by Gasteiger charge is 2.09. The van der Waals surface area contributed by atoms with Gasteiger partial charge in [-0.25, -0.2) is 4.79 Å². The molecule has 0 aromatic rings. The van der Waals surface area contributed by atoms with Gasteiger partial charge in [0.05, 0.1) is 12.7 Å². The van der Waals surface area contributed by atoms with E-state index >= 15 is 0 Å². The zero-order chi connectivity index (χ0) is 10.3. The van der Waals surface area contributed by atoms with Crippen LogP contribution in [0.2, 0.25) is 0 Å². The molecule has 0 aromatic heterocycles. The first-order valence-electron chi connectivity index (χ1n) is 4.02. The number of rotatable bonds is 4. The van der Waals surface area contributed by atoms with E-state index in [2.05, 4.69) is 9.47 Å². The summed E-state index contributed by atoms with van der Waals surface area (Å²) >= 11 is 0. The molecule has 4 nitrogen and oxygen atoms in total. The minimum Gasteiger partial charge on any atom is -0.466 e. The Balaban J connectivity index is 4.19. The largest absolute Gasteiger partial charge is 0.466 e. The first kappa shape index (κ1) is 11.7. The summed E-state index contributed by atoms with van der Waals surface area (Å²) in [5, 5.41) is 0. The van der Waals surface area contributed by atoms with E-state index in [1.165, 1.54) is 14.0 Å². The molecule has 0 spiro atoms. The molecule has 0 aliphatic heterocycles. The number of hydrogen-bond acceptors (Lipinski definition) is 4. The van der Waals surface area contributed by atoms with Gasteiger partial charge in [-0.1, -0.05) is 13.0 Å². The lowest BCUT2D eigenvalue weighted by Crippen LogP contribution is -2.12. The number of esters is 2. The summed E-state index contributed by atoms with van der Waals surface area (Å²) in [6.45, 7) is 3.16. The van der Waals surface area contributed by atoms with E-state index in [1.54, 1.807) is 6.08 Å². The molecular weight excluding hydrogens is 172 g/mol. The summed E-state index contributed by atoms with van der Waals surface area (Å²) in [7, 11) is 1.29. The van der Waals surface area contributed by atoms with E-state index in [1.807, 2.05) is 6.92 Å². The second-order valence-electron chi connectivity index (χ2n) is 2.41. The molecule has 0 saturated carbocycles. The van der Waals surface area contributed by atoms with Crippen LogP contribution < -0.4 is 0 Å². The highest BCUT2D eigenvalue weighted by Crippen LogP contribution is 2.00. The van der Waals surface area contributed by atoms with Crippen LogP contribution in [-0.2, 0) is 19.1 Å². The van der Waals surface area contributed by atoms with Gasteiger partial charge in [0.25, 0.3) is 0 Å². The molecule has 74 valence electrons. The fourth-order valence-corrected chi connectivity index (χ4v) is 0.758. The van der Waals surface area contributed by atoms with Gasteiger partial charge in [0.2, 0.25) is 0 Å². The van der Waals surface area contributed by atoms with E-state index in [4.69, 9.17) is 0 Å². The predicted octanol–water partition coefficient (Wildman–Crippen LogP) is 1.06. The van der Waals surface area contributed by atoms with Crippen molar-refractivity contribution in [3.63, 3.8) is 0 Å². The number of carbonyl (C=O) groups excluding carboxylic acids is 2. The van der Waals surface area contributed by atoms with Gasteiger partial charge in [-0.05, 0) is 6.42 Å². The van der Waals surface area contributed by atoms with E-state index in [-0.39, 0.29) is 6.61 Å². The van der Waals surface area contributed by atoms with Crippen molar-refractivity contribution in [2.75, 3.05) is 13.7 Å². The zero-order valence-electron chi connectivity index (χ0n) is 8.12. The third-order valence-corrected chi connectivity index (χ3v) is 1.33. The molecule has 13 heavy (non-hydrogen) atoms. The minimum atomic E-state index is -0.455.